The van der Waals surface area contributed by atoms with Crippen LogP contribution in [0.3, 0.4) is 0 Å². The predicted octanol–water partition coefficient (Wildman–Crippen LogP) is 1.51. The van der Waals surface area contributed by atoms with Crippen LogP contribution in [0, 0.1) is 5.92 Å². The van der Waals surface area contributed by atoms with Gasteiger partial charge in [-0.3, -0.25) is 4.79 Å². The lowest BCUT2D eigenvalue weighted by Crippen LogP contribution is -2.35. The Hall–Kier alpha value is -0.830. The van der Waals surface area contributed by atoms with E-state index >= 15 is 0 Å². The largest absolute Gasteiger partial charge is 0.341 e. The smallest absolute Gasteiger partial charge is 0.223 e. The first-order valence-electron chi connectivity index (χ1n) is 6.38. The van der Waals surface area contributed by atoms with Crippen molar-refractivity contribution in [1.82, 2.24) is 9.80 Å². The molecule has 0 N–H and O–H groups in total. The van der Waals surface area contributed by atoms with E-state index in [0.717, 1.165) is 45.4 Å². The number of amides is 1. The summed E-state index contributed by atoms with van der Waals surface area (Å²) in [5, 5.41) is 0. The van der Waals surface area contributed by atoms with Crippen LogP contribution >= 0.6 is 0 Å². The summed E-state index contributed by atoms with van der Waals surface area (Å²) >= 11 is 0. The molecule has 1 amide bonds. The molecule has 0 spiro atoms. The summed E-state index contributed by atoms with van der Waals surface area (Å²) in [5.74, 6) is 0.861. The maximum Gasteiger partial charge on any atom is 0.223 e. The minimum atomic E-state index is 0.354. The van der Waals surface area contributed by atoms with Gasteiger partial charge in [0.15, 0.2) is 0 Å². The molecule has 1 aliphatic heterocycles. The van der Waals surface area contributed by atoms with Gasteiger partial charge in [0.25, 0.3) is 0 Å². The highest BCUT2D eigenvalue weighted by atomic mass is 16.2. The van der Waals surface area contributed by atoms with Crippen LogP contribution in [0.25, 0.3) is 0 Å². The molecule has 1 saturated heterocycles. The maximum absolute atomic E-state index is 12.1. The quantitative estimate of drug-likeness (QED) is 0.661. The Morgan fingerprint density at radius 1 is 1.31 bits per heavy atom. The number of rotatable bonds is 2. The molecule has 0 bridgehead atoms. The molecule has 0 aromatic rings. The van der Waals surface area contributed by atoms with E-state index in [1.54, 1.807) is 0 Å². The zero-order valence-corrected chi connectivity index (χ0v) is 10.2. The minimum Gasteiger partial charge on any atom is -0.341 e. The predicted molar refractivity (Wildman–Crippen MR) is 65.2 cm³/mol. The zero-order chi connectivity index (χ0) is 11.4. The van der Waals surface area contributed by atoms with E-state index in [1.807, 2.05) is 0 Å². The van der Waals surface area contributed by atoms with Crippen LogP contribution in [0.15, 0.2) is 12.2 Å². The average Bonchev–Trinajstić information content (AvgIpc) is 2.66. The topological polar surface area (TPSA) is 23.6 Å². The first-order chi connectivity index (χ1) is 7.75. The second-order valence-corrected chi connectivity index (χ2v) is 5.01. The maximum atomic E-state index is 12.1. The van der Waals surface area contributed by atoms with Crippen molar-refractivity contribution in [2.45, 2.75) is 25.7 Å². The van der Waals surface area contributed by atoms with Gasteiger partial charge in [-0.15, -0.1) is 0 Å². The number of hydrogen-bond donors (Lipinski definition) is 0. The first kappa shape index (κ1) is 11.6. The Labute approximate surface area is 98.1 Å². The van der Waals surface area contributed by atoms with Crippen LogP contribution in [-0.2, 0) is 4.79 Å². The van der Waals surface area contributed by atoms with Crippen molar-refractivity contribution in [3.05, 3.63) is 12.2 Å². The normalized spacial score (nSPS) is 27.1. The summed E-state index contributed by atoms with van der Waals surface area (Å²) in [6.45, 7) is 3.99. The first-order valence-corrected chi connectivity index (χ1v) is 6.38. The van der Waals surface area contributed by atoms with Crippen LogP contribution in [0.5, 0.6) is 0 Å². The summed E-state index contributed by atoms with van der Waals surface area (Å²) < 4.78 is 0. The lowest BCUT2D eigenvalue weighted by molar-refractivity contribution is -0.131. The van der Waals surface area contributed by atoms with Crippen molar-refractivity contribution in [3.63, 3.8) is 0 Å². The van der Waals surface area contributed by atoms with E-state index in [4.69, 9.17) is 0 Å². The summed E-state index contributed by atoms with van der Waals surface area (Å²) in [6, 6.07) is 0. The van der Waals surface area contributed by atoms with Crippen LogP contribution in [0.4, 0.5) is 0 Å². The van der Waals surface area contributed by atoms with Crippen LogP contribution in [0.1, 0.15) is 25.7 Å². The zero-order valence-electron chi connectivity index (χ0n) is 10.2. The standard InChI is InChI=1S/C13H22N2O/c1-14-7-4-8-15(10-9-14)13(16)11-12-5-2-3-6-12/h2,5,12H,3-4,6-11H2,1H3. The monoisotopic (exact) mass is 222 g/mol. The summed E-state index contributed by atoms with van der Waals surface area (Å²) in [6.07, 6.45) is 8.57. The summed E-state index contributed by atoms with van der Waals surface area (Å²) in [4.78, 5) is 16.4. The third-order valence-corrected chi connectivity index (χ3v) is 3.62. The molecule has 2 rings (SSSR count). The van der Waals surface area contributed by atoms with E-state index in [9.17, 15) is 4.79 Å². The van der Waals surface area contributed by atoms with Crippen molar-refractivity contribution >= 4 is 5.91 Å². The molecule has 0 saturated carbocycles. The Morgan fingerprint density at radius 2 is 2.19 bits per heavy atom. The average molecular weight is 222 g/mol. The van der Waals surface area contributed by atoms with Crippen LogP contribution in [-0.4, -0.2) is 48.9 Å². The molecular weight excluding hydrogens is 200 g/mol. The Kier molecular flexibility index (Phi) is 3.99. The van der Waals surface area contributed by atoms with Crippen LogP contribution < -0.4 is 0 Å². The van der Waals surface area contributed by atoms with Gasteiger partial charge in [-0.05, 0) is 38.8 Å². The molecule has 0 aromatic heterocycles. The molecular formula is C13H22N2O. The van der Waals surface area contributed by atoms with Crippen molar-refractivity contribution in [2.24, 2.45) is 5.92 Å². The molecule has 3 nitrogen and oxygen atoms in total. The van der Waals surface area contributed by atoms with Gasteiger partial charge in [0.1, 0.15) is 0 Å². The number of carbonyl (C=O) groups excluding carboxylic acids is 1. The second-order valence-electron chi connectivity index (χ2n) is 5.01. The van der Waals surface area contributed by atoms with Gasteiger partial charge in [0, 0.05) is 26.1 Å². The molecule has 1 heterocycles. The van der Waals surface area contributed by atoms with Gasteiger partial charge in [-0.2, -0.15) is 0 Å². The minimum absolute atomic E-state index is 0.354. The van der Waals surface area contributed by atoms with Crippen LogP contribution in [0.2, 0.25) is 0 Å². The van der Waals surface area contributed by atoms with Crippen molar-refractivity contribution < 1.29 is 4.79 Å². The van der Waals surface area contributed by atoms with Gasteiger partial charge in [-0.1, -0.05) is 12.2 Å². The van der Waals surface area contributed by atoms with Gasteiger partial charge in [0.05, 0.1) is 0 Å². The Balaban J connectivity index is 1.81. The highest BCUT2D eigenvalue weighted by Gasteiger charge is 2.20. The van der Waals surface area contributed by atoms with Crippen molar-refractivity contribution in [1.29, 1.82) is 0 Å². The number of hydrogen-bond acceptors (Lipinski definition) is 2. The third kappa shape index (κ3) is 3.08. The highest BCUT2D eigenvalue weighted by Crippen LogP contribution is 2.21. The molecule has 3 heteroatoms. The molecule has 1 unspecified atom stereocenters. The van der Waals surface area contributed by atoms with E-state index in [1.165, 1.54) is 6.42 Å². The third-order valence-electron chi connectivity index (χ3n) is 3.62. The molecule has 1 aliphatic carbocycles. The van der Waals surface area contributed by atoms with E-state index in [-0.39, 0.29) is 0 Å². The molecule has 16 heavy (non-hydrogen) atoms. The van der Waals surface area contributed by atoms with Gasteiger partial charge < -0.3 is 9.80 Å². The Bertz CT molecular complexity index is 275. The van der Waals surface area contributed by atoms with Crippen molar-refractivity contribution in [2.75, 3.05) is 33.2 Å². The molecule has 1 atom stereocenters. The summed E-state index contributed by atoms with van der Waals surface area (Å²) in [5.41, 5.74) is 0. The second kappa shape index (κ2) is 5.48. The summed E-state index contributed by atoms with van der Waals surface area (Å²) in [7, 11) is 2.13. The van der Waals surface area contributed by atoms with E-state index in [0.29, 0.717) is 11.8 Å². The SMILES string of the molecule is CN1CCCN(C(=O)CC2C=CCC2)CC1. The molecule has 2 aliphatic rings. The lowest BCUT2D eigenvalue weighted by Gasteiger charge is -2.21. The molecule has 0 radical (unpaired) electrons. The van der Waals surface area contributed by atoms with E-state index < -0.39 is 0 Å². The molecule has 0 aromatic carbocycles. The highest BCUT2D eigenvalue weighted by molar-refractivity contribution is 5.76. The van der Waals surface area contributed by atoms with E-state index in [2.05, 4.69) is 29.0 Å². The lowest BCUT2D eigenvalue weighted by atomic mass is 10.0. The molecule has 1 fully saturated rings. The van der Waals surface area contributed by atoms with Crippen molar-refractivity contribution in [3.8, 4) is 0 Å². The Morgan fingerprint density at radius 3 is 2.94 bits per heavy atom. The number of allylic oxidation sites excluding steroid dienone is 2. The number of nitrogens with zero attached hydrogens (tertiary/aromatic N) is 2. The number of carbonyl (C=O) groups is 1. The fourth-order valence-corrected chi connectivity index (χ4v) is 2.51. The fraction of sp³-hybridized carbons (Fsp3) is 0.769. The fourth-order valence-electron chi connectivity index (χ4n) is 2.51. The van der Waals surface area contributed by atoms with Gasteiger partial charge in [0.2, 0.25) is 5.91 Å². The van der Waals surface area contributed by atoms with Gasteiger partial charge >= 0.3 is 0 Å². The number of likely N-dealkylation sites (N-methyl/N-ethyl adjacent to an activating group) is 1. The molecule has 90 valence electrons. The van der Waals surface area contributed by atoms with Gasteiger partial charge in [-0.25, -0.2) is 0 Å².